The van der Waals surface area contributed by atoms with Gasteiger partial charge in [0.25, 0.3) is 0 Å². The molecule has 1 aliphatic rings. The van der Waals surface area contributed by atoms with E-state index in [-0.39, 0.29) is 0 Å². The molecule has 0 aliphatic carbocycles. The zero-order valence-electron chi connectivity index (χ0n) is 12.7. The Morgan fingerprint density at radius 1 is 1.21 bits per heavy atom. The van der Waals surface area contributed by atoms with Crippen LogP contribution < -0.4 is 5.32 Å². The molecule has 0 amide bonds. The van der Waals surface area contributed by atoms with Gasteiger partial charge in [-0.3, -0.25) is 0 Å². The van der Waals surface area contributed by atoms with Gasteiger partial charge in [0.1, 0.15) is 11.6 Å². The third-order valence-electron chi connectivity index (χ3n) is 4.05. The first-order chi connectivity index (χ1) is 9.22. The van der Waals surface area contributed by atoms with Crippen molar-refractivity contribution in [3.63, 3.8) is 0 Å². The Bertz CT molecular complexity index is 385. The number of rotatable bonds is 8. The largest absolute Gasteiger partial charge is 0.314 e. The minimum atomic E-state index is 0.306. The molecule has 2 atom stereocenters. The van der Waals surface area contributed by atoms with Gasteiger partial charge in [-0.25, -0.2) is 0 Å². The van der Waals surface area contributed by atoms with Crippen LogP contribution in [0.2, 0.25) is 0 Å². The van der Waals surface area contributed by atoms with Crippen molar-refractivity contribution in [2.75, 3.05) is 0 Å². The molecular weight excluding hydrogens is 236 g/mol. The van der Waals surface area contributed by atoms with Crippen LogP contribution in [0.4, 0.5) is 0 Å². The molecule has 0 saturated carbocycles. The molecular formula is C15H28N4. The fourth-order valence-corrected chi connectivity index (χ4v) is 2.96. The smallest absolute Gasteiger partial charge is 0.149 e. The summed E-state index contributed by atoms with van der Waals surface area (Å²) in [6.45, 7) is 7.84. The normalized spacial score (nSPS) is 17.4. The van der Waals surface area contributed by atoms with Crippen LogP contribution in [0.15, 0.2) is 0 Å². The number of aromatic nitrogens is 3. The summed E-state index contributed by atoms with van der Waals surface area (Å²) < 4.78 is 2.29. The van der Waals surface area contributed by atoms with Crippen molar-refractivity contribution in [3.8, 4) is 0 Å². The Labute approximate surface area is 117 Å². The summed E-state index contributed by atoms with van der Waals surface area (Å²) in [4.78, 5) is 0. The molecule has 1 N–H and O–H groups in total. The predicted octanol–water partition coefficient (Wildman–Crippen LogP) is 3.23. The maximum atomic E-state index is 4.35. The van der Waals surface area contributed by atoms with E-state index in [0.717, 1.165) is 18.8 Å². The molecule has 0 aromatic carbocycles. The third kappa shape index (κ3) is 3.78. The lowest BCUT2D eigenvalue weighted by Crippen LogP contribution is -2.30. The number of unbranched alkanes of at least 4 members (excludes halogenated alkanes) is 3. The molecule has 4 heteroatoms. The molecule has 0 spiro atoms. The van der Waals surface area contributed by atoms with Crippen molar-refractivity contribution in [1.29, 1.82) is 0 Å². The molecule has 0 fully saturated rings. The molecule has 2 rings (SSSR count). The van der Waals surface area contributed by atoms with E-state index in [4.69, 9.17) is 0 Å². The van der Waals surface area contributed by atoms with Gasteiger partial charge < -0.3 is 9.88 Å². The van der Waals surface area contributed by atoms with E-state index in [0.29, 0.717) is 12.1 Å². The molecule has 1 aromatic heterocycles. The highest BCUT2D eigenvalue weighted by atomic mass is 15.3. The number of aryl methyl sites for hydroxylation is 1. The number of hydrogen-bond donors (Lipinski definition) is 1. The maximum absolute atomic E-state index is 4.35. The number of hydrogen-bond acceptors (Lipinski definition) is 3. The quantitative estimate of drug-likeness (QED) is 0.733. The van der Waals surface area contributed by atoms with Crippen molar-refractivity contribution < 1.29 is 0 Å². The molecule has 0 saturated heterocycles. The van der Waals surface area contributed by atoms with Crippen molar-refractivity contribution in [2.45, 2.75) is 84.3 Å². The lowest BCUT2D eigenvalue weighted by Gasteiger charge is -2.19. The lowest BCUT2D eigenvalue weighted by atomic mass is 10.1. The summed E-state index contributed by atoms with van der Waals surface area (Å²) >= 11 is 0. The molecule has 108 valence electrons. The summed E-state index contributed by atoms with van der Waals surface area (Å²) in [5.41, 5.74) is 0. The van der Waals surface area contributed by atoms with E-state index in [1.54, 1.807) is 0 Å². The van der Waals surface area contributed by atoms with E-state index in [2.05, 4.69) is 40.9 Å². The van der Waals surface area contributed by atoms with Gasteiger partial charge in [0.05, 0.1) is 6.04 Å². The predicted molar refractivity (Wildman–Crippen MR) is 78.1 cm³/mol. The Balaban J connectivity index is 1.78. The average Bonchev–Trinajstić information content (AvgIpc) is 2.96. The van der Waals surface area contributed by atoms with Crippen LogP contribution in [0.1, 0.15) is 77.0 Å². The Morgan fingerprint density at radius 2 is 2.05 bits per heavy atom. The van der Waals surface area contributed by atoms with Gasteiger partial charge in [-0.2, -0.15) is 0 Å². The average molecular weight is 264 g/mol. The minimum absolute atomic E-state index is 0.306. The highest BCUT2D eigenvalue weighted by Gasteiger charge is 2.21. The molecule has 0 radical (unpaired) electrons. The van der Waals surface area contributed by atoms with Gasteiger partial charge >= 0.3 is 0 Å². The van der Waals surface area contributed by atoms with Crippen molar-refractivity contribution in [2.24, 2.45) is 0 Å². The number of nitrogens with zero attached hydrogens (tertiary/aromatic N) is 3. The van der Waals surface area contributed by atoms with Crippen LogP contribution in [0.25, 0.3) is 0 Å². The van der Waals surface area contributed by atoms with Gasteiger partial charge in [-0.05, 0) is 26.7 Å². The van der Waals surface area contributed by atoms with Crippen molar-refractivity contribution in [1.82, 2.24) is 20.1 Å². The summed E-state index contributed by atoms with van der Waals surface area (Å²) in [5.74, 6) is 2.28. The molecule has 1 aliphatic heterocycles. The highest BCUT2D eigenvalue weighted by Crippen LogP contribution is 2.19. The Kier molecular flexibility index (Phi) is 5.37. The van der Waals surface area contributed by atoms with E-state index in [1.807, 2.05) is 0 Å². The van der Waals surface area contributed by atoms with E-state index in [9.17, 15) is 0 Å². The monoisotopic (exact) mass is 264 g/mol. The molecule has 19 heavy (non-hydrogen) atoms. The Hall–Kier alpha value is -0.900. The molecule has 1 aromatic rings. The maximum Gasteiger partial charge on any atom is 0.149 e. The fourth-order valence-electron chi connectivity index (χ4n) is 2.96. The molecule has 0 bridgehead atoms. The van der Waals surface area contributed by atoms with Crippen LogP contribution in [0.5, 0.6) is 0 Å². The molecule has 2 unspecified atom stereocenters. The van der Waals surface area contributed by atoms with E-state index >= 15 is 0 Å². The lowest BCUT2D eigenvalue weighted by molar-refractivity contribution is 0.418. The number of fused-ring (bicyclic) bond motifs is 1. The van der Waals surface area contributed by atoms with Gasteiger partial charge in [-0.15, -0.1) is 10.2 Å². The van der Waals surface area contributed by atoms with Gasteiger partial charge in [-0.1, -0.05) is 32.6 Å². The third-order valence-corrected chi connectivity index (χ3v) is 4.05. The summed E-state index contributed by atoms with van der Waals surface area (Å²) in [5, 5.41) is 12.3. The van der Waals surface area contributed by atoms with Crippen molar-refractivity contribution >= 4 is 0 Å². The van der Waals surface area contributed by atoms with E-state index < -0.39 is 0 Å². The zero-order valence-corrected chi connectivity index (χ0v) is 12.7. The minimum Gasteiger partial charge on any atom is -0.314 e. The second-order valence-corrected chi connectivity index (χ2v) is 5.87. The fraction of sp³-hybridized carbons (Fsp3) is 0.867. The summed E-state index contributed by atoms with van der Waals surface area (Å²) in [7, 11) is 0. The standard InChI is InChI=1S/C15H28N4/c1-4-5-6-7-9-12(2)16-13(3)15-18-17-14-10-8-11-19(14)15/h12-13,16H,4-11H2,1-3H3. The van der Waals surface area contributed by atoms with Gasteiger partial charge in [0, 0.05) is 19.0 Å². The first-order valence-electron chi connectivity index (χ1n) is 7.90. The molecule has 4 nitrogen and oxygen atoms in total. The van der Waals surface area contributed by atoms with E-state index in [1.165, 1.54) is 44.3 Å². The number of nitrogens with one attached hydrogen (secondary N) is 1. The first kappa shape index (κ1) is 14.5. The highest BCUT2D eigenvalue weighted by molar-refractivity contribution is 5.04. The Morgan fingerprint density at radius 3 is 2.84 bits per heavy atom. The summed E-state index contributed by atoms with van der Waals surface area (Å²) in [6, 6.07) is 0.863. The molecule has 2 heterocycles. The van der Waals surface area contributed by atoms with Crippen molar-refractivity contribution in [3.05, 3.63) is 11.6 Å². The topological polar surface area (TPSA) is 42.7 Å². The second kappa shape index (κ2) is 7.04. The van der Waals surface area contributed by atoms with Crippen LogP contribution in [-0.2, 0) is 13.0 Å². The SMILES string of the molecule is CCCCCCC(C)NC(C)c1nnc2n1CCC2. The van der Waals surface area contributed by atoms with Crippen LogP contribution in [0.3, 0.4) is 0 Å². The second-order valence-electron chi connectivity index (χ2n) is 5.87. The van der Waals surface area contributed by atoms with Gasteiger partial charge in [0.15, 0.2) is 0 Å². The van der Waals surface area contributed by atoms with Crippen LogP contribution in [0, 0.1) is 0 Å². The summed E-state index contributed by atoms with van der Waals surface area (Å²) in [6.07, 6.45) is 8.92. The first-order valence-corrected chi connectivity index (χ1v) is 7.90. The zero-order chi connectivity index (χ0) is 13.7. The van der Waals surface area contributed by atoms with Crippen LogP contribution >= 0.6 is 0 Å². The van der Waals surface area contributed by atoms with Gasteiger partial charge in [0.2, 0.25) is 0 Å². The van der Waals surface area contributed by atoms with Crippen LogP contribution in [-0.4, -0.2) is 20.8 Å².